The van der Waals surface area contributed by atoms with E-state index < -0.39 is 7.60 Å². The monoisotopic (exact) mass is 430 g/mol. The molecule has 0 bridgehead atoms. The Morgan fingerprint density at radius 1 is 1.14 bits per heavy atom. The summed E-state index contributed by atoms with van der Waals surface area (Å²) in [5.74, 6) is 0.525. The van der Waals surface area contributed by atoms with Crippen molar-refractivity contribution in [2.24, 2.45) is 0 Å². The number of oxazole rings is 1. The van der Waals surface area contributed by atoms with E-state index in [-0.39, 0.29) is 17.2 Å². The molecule has 0 aliphatic rings. The highest BCUT2D eigenvalue weighted by Gasteiger charge is 2.36. The molecule has 2 aromatic rings. The zero-order valence-electron chi connectivity index (χ0n) is 16.6. The second kappa shape index (κ2) is 11.6. The Hall–Kier alpha value is -1.37. The van der Waals surface area contributed by atoms with Crippen molar-refractivity contribution in [2.45, 2.75) is 33.1 Å². The first-order chi connectivity index (χ1) is 13.6. The van der Waals surface area contributed by atoms with Crippen LogP contribution >= 0.6 is 19.2 Å². The van der Waals surface area contributed by atoms with Gasteiger partial charge in [0, 0.05) is 20.3 Å². The van der Waals surface area contributed by atoms with Gasteiger partial charge in [-0.25, -0.2) is 0 Å². The molecule has 0 radical (unpaired) electrons. The Kier molecular flexibility index (Phi) is 9.48. The smallest absolute Gasteiger partial charge is 0.385 e. The number of nitrogens with one attached hydrogen (secondary N) is 1. The summed E-state index contributed by atoms with van der Waals surface area (Å²) in [6, 6.07) is 7.18. The lowest BCUT2D eigenvalue weighted by atomic mass is 10.2. The molecule has 2 rings (SSSR count). The largest absolute Gasteiger partial charge is 0.420 e. The number of methoxy groups -OCH3 is 1. The van der Waals surface area contributed by atoms with Gasteiger partial charge in [0.2, 0.25) is 17.2 Å². The van der Waals surface area contributed by atoms with Gasteiger partial charge in [-0.3, -0.25) is 4.57 Å². The van der Waals surface area contributed by atoms with Crippen LogP contribution in [0.15, 0.2) is 28.7 Å². The van der Waals surface area contributed by atoms with Crippen LogP contribution in [0.5, 0.6) is 0 Å². The minimum absolute atomic E-state index is 0.140. The first-order valence-corrected chi connectivity index (χ1v) is 11.4. The van der Waals surface area contributed by atoms with Gasteiger partial charge in [-0.2, -0.15) is 4.98 Å². The molecule has 7 nitrogen and oxygen atoms in total. The van der Waals surface area contributed by atoms with E-state index in [1.165, 1.54) is 0 Å². The lowest BCUT2D eigenvalue weighted by Crippen LogP contribution is -2.18. The van der Waals surface area contributed by atoms with Gasteiger partial charge in [0.05, 0.1) is 23.8 Å². The van der Waals surface area contributed by atoms with Gasteiger partial charge < -0.3 is 23.5 Å². The molecule has 9 heteroatoms. The van der Waals surface area contributed by atoms with E-state index in [4.69, 9.17) is 29.8 Å². The van der Waals surface area contributed by atoms with Crippen LogP contribution in [0.25, 0.3) is 11.5 Å². The molecule has 0 saturated carbocycles. The molecule has 0 fully saturated rings. The fourth-order valence-corrected chi connectivity index (χ4v) is 4.33. The molecule has 0 amide bonds. The molecular weight excluding hydrogens is 403 g/mol. The number of aromatic nitrogens is 1. The second-order valence-electron chi connectivity index (χ2n) is 6.09. The van der Waals surface area contributed by atoms with Gasteiger partial charge in [0.15, 0.2) is 0 Å². The maximum absolute atomic E-state index is 13.5. The van der Waals surface area contributed by atoms with Gasteiger partial charge in [0.25, 0.3) is 0 Å². The zero-order chi connectivity index (χ0) is 20.4. The number of hydrogen-bond donors (Lipinski definition) is 1. The van der Waals surface area contributed by atoms with Gasteiger partial charge in [-0.15, -0.1) is 0 Å². The minimum Gasteiger partial charge on any atom is -0.420 e. The van der Waals surface area contributed by atoms with Crippen LogP contribution in [0.3, 0.4) is 0 Å². The SMILES string of the molecule is CCCOP(=O)(OCCC)c1nc(-c2ccccc2Cl)oc1NCCCOC. The van der Waals surface area contributed by atoms with Crippen molar-refractivity contribution >= 4 is 30.5 Å². The summed E-state index contributed by atoms with van der Waals surface area (Å²) >= 11 is 6.28. The predicted octanol–water partition coefficient (Wildman–Crippen LogP) is 5.12. The zero-order valence-corrected chi connectivity index (χ0v) is 18.2. The third-order valence-electron chi connectivity index (χ3n) is 3.71. The number of ether oxygens (including phenoxy) is 1. The maximum atomic E-state index is 13.5. The molecule has 0 aliphatic heterocycles. The van der Waals surface area contributed by atoms with E-state index in [1.807, 2.05) is 26.0 Å². The third kappa shape index (κ3) is 6.06. The Morgan fingerprint density at radius 2 is 1.82 bits per heavy atom. The van der Waals surface area contributed by atoms with E-state index in [2.05, 4.69) is 10.3 Å². The van der Waals surface area contributed by atoms with E-state index in [9.17, 15) is 4.57 Å². The number of benzene rings is 1. The third-order valence-corrected chi connectivity index (χ3v) is 5.91. The van der Waals surface area contributed by atoms with Crippen molar-refractivity contribution in [2.75, 3.05) is 38.8 Å². The van der Waals surface area contributed by atoms with Crippen molar-refractivity contribution in [3.05, 3.63) is 29.3 Å². The summed E-state index contributed by atoms with van der Waals surface area (Å²) < 4.78 is 35.7. The van der Waals surface area contributed by atoms with Crippen molar-refractivity contribution in [3.63, 3.8) is 0 Å². The Bertz CT molecular complexity index is 771. The fourth-order valence-electron chi connectivity index (χ4n) is 2.36. The first-order valence-electron chi connectivity index (χ1n) is 9.44. The molecule has 0 aliphatic carbocycles. The molecular formula is C19H28ClN2O5P. The number of anilines is 1. The average molecular weight is 431 g/mol. The van der Waals surface area contributed by atoms with Gasteiger partial charge >= 0.3 is 7.60 Å². The average Bonchev–Trinajstić information content (AvgIpc) is 3.13. The van der Waals surface area contributed by atoms with Crippen LogP contribution in [0, 0.1) is 0 Å². The molecule has 0 saturated heterocycles. The summed E-state index contributed by atoms with van der Waals surface area (Å²) in [6.45, 7) is 5.60. The highest BCUT2D eigenvalue weighted by molar-refractivity contribution is 7.62. The number of hydrogen-bond acceptors (Lipinski definition) is 7. The second-order valence-corrected chi connectivity index (χ2v) is 8.43. The maximum Gasteiger partial charge on any atom is 0.385 e. The lowest BCUT2D eigenvalue weighted by molar-refractivity contribution is 0.197. The molecule has 0 unspecified atom stereocenters. The van der Waals surface area contributed by atoms with Crippen LogP contribution in [0.1, 0.15) is 33.1 Å². The van der Waals surface area contributed by atoms with Crippen molar-refractivity contribution < 1.29 is 22.8 Å². The Labute approximate surface area is 171 Å². The summed E-state index contributed by atoms with van der Waals surface area (Å²) in [6.07, 6.45) is 2.14. The van der Waals surface area contributed by atoms with E-state index in [0.29, 0.717) is 49.8 Å². The summed E-state index contributed by atoms with van der Waals surface area (Å²) in [4.78, 5) is 4.46. The van der Waals surface area contributed by atoms with E-state index in [1.54, 1.807) is 19.2 Å². The molecule has 0 atom stereocenters. The molecule has 1 N–H and O–H groups in total. The predicted molar refractivity (Wildman–Crippen MR) is 112 cm³/mol. The van der Waals surface area contributed by atoms with Gasteiger partial charge in [-0.1, -0.05) is 37.6 Å². The molecule has 0 spiro atoms. The Morgan fingerprint density at radius 3 is 2.43 bits per heavy atom. The topological polar surface area (TPSA) is 82.8 Å². The molecule has 1 aromatic carbocycles. The molecule has 156 valence electrons. The quantitative estimate of drug-likeness (QED) is 0.349. The van der Waals surface area contributed by atoms with Crippen molar-refractivity contribution in [1.82, 2.24) is 4.98 Å². The van der Waals surface area contributed by atoms with Crippen LogP contribution < -0.4 is 10.8 Å². The van der Waals surface area contributed by atoms with Gasteiger partial charge in [0.1, 0.15) is 0 Å². The molecule has 28 heavy (non-hydrogen) atoms. The number of nitrogens with zero attached hydrogens (tertiary/aromatic N) is 1. The lowest BCUT2D eigenvalue weighted by Gasteiger charge is -2.17. The number of halogens is 1. The Balaban J connectivity index is 2.42. The summed E-state index contributed by atoms with van der Waals surface area (Å²) in [5, 5.41) is 3.62. The number of rotatable bonds is 13. The van der Waals surface area contributed by atoms with Crippen LogP contribution in [-0.2, 0) is 18.3 Å². The highest BCUT2D eigenvalue weighted by atomic mass is 35.5. The van der Waals surface area contributed by atoms with E-state index in [0.717, 1.165) is 6.42 Å². The van der Waals surface area contributed by atoms with E-state index >= 15 is 0 Å². The van der Waals surface area contributed by atoms with Crippen LogP contribution in [0.4, 0.5) is 5.88 Å². The van der Waals surface area contributed by atoms with Crippen molar-refractivity contribution in [1.29, 1.82) is 0 Å². The van der Waals surface area contributed by atoms with Crippen LogP contribution in [0.2, 0.25) is 5.02 Å². The molecule has 1 heterocycles. The van der Waals surface area contributed by atoms with Crippen LogP contribution in [-0.4, -0.2) is 38.5 Å². The standard InChI is InChI=1S/C19H28ClN2O5P/c1-4-12-25-28(23,26-13-5-2)19-18(21-11-8-14-24-3)27-17(22-19)15-9-6-7-10-16(15)20/h6-7,9-10,21H,4-5,8,11-14H2,1-3H3. The summed E-state index contributed by atoms with van der Waals surface area (Å²) in [7, 11) is -2.01. The van der Waals surface area contributed by atoms with Gasteiger partial charge in [-0.05, 0) is 31.4 Å². The molecule has 1 aromatic heterocycles. The first kappa shape index (κ1) is 22.9. The fraction of sp³-hybridized carbons (Fsp3) is 0.526. The minimum atomic E-state index is -3.65. The van der Waals surface area contributed by atoms with Crippen molar-refractivity contribution in [3.8, 4) is 11.5 Å². The highest BCUT2D eigenvalue weighted by Crippen LogP contribution is 2.49. The summed E-state index contributed by atoms with van der Waals surface area (Å²) in [5.41, 5.74) is 0.745. The normalized spacial score (nSPS) is 11.7.